The molecule has 0 amide bonds. The van der Waals surface area contributed by atoms with Gasteiger partial charge in [-0.05, 0) is 69.1 Å². The molecule has 0 aromatic rings. The second kappa shape index (κ2) is 12.6. The molecule has 2 aliphatic rings. The quantitative estimate of drug-likeness (QED) is 0.293. The van der Waals surface area contributed by atoms with Gasteiger partial charge in [0.15, 0.2) is 0 Å². The monoisotopic (exact) mass is 343 g/mol. The van der Waals surface area contributed by atoms with Crippen LogP contribution < -0.4 is 0 Å². The highest BCUT2D eigenvalue weighted by atomic mass is 14.3. The summed E-state index contributed by atoms with van der Waals surface area (Å²) in [4.78, 5) is 0. The van der Waals surface area contributed by atoms with Gasteiger partial charge in [-0.15, -0.1) is 0 Å². The second-order valence-electron chi connectivity index (χ2n) is 8.86. The van der Waals surface area contributed by atoms with Gasteiger partial charge in [-0.1, -0.05) is 70.4 Å². The molecule has 2 saturated carbocycles. The molecule has 2 fully saturated rings. The van der Waals surface area contributed by atoms with Crippen molar-refractivity contribution < 1.29 is 0 Å². The summed E-state index contributed by atoms with van der Waals surface area (Å²) >= 11 is 0. The third kappa shape index (κ3) is 8.44. The van der Waals surface area contributed by atoms with Crippen LogP contribution in [0.15, 0.2) is 12.2 Å². The molecule has 1 nitrogen and oxygen atoms in total. The van der Waals surface area contributed by atoms with Gasteiger partial charge in [0, 0.05) is 5.92 Å². The van der Waals surface area contributed by atoms with E-state index in [2.05, 4.69) is 25.1 Å². The minimum absolute atomic E-state index is 0.368. The zero-order valence-electron chi connectivity index (χ0n) is 16.7. The molecule has 0 N–H and O–H groups in total. The first-order chi connectivity index (χ1) is 12.3. The van der Waals surface area contributed by atoms with Gasteiger partial charge in [-0.25, -0.2) is 0 Å². The van der Waals surface area contributed by atoms with Gasteiger partial charge in [-0.3, -0.25) is 0 Å². The molecular formula is C24H41N. The molecule has 2 aliphatic carbocycles. The zero-order valence-corrected chi connectivity index (χ0v) is 16.7. The van der Waals surface area contributed by atoms with Crippen LogP contribution in [0.25, 0.3) is 0 Å². The van der Waals surface area contributed by atoms with Gasteiger partial charge < -0.3 is 0 Å². The fraction of sp³-hybridized carbons (Fsp3) is 0.875. The SMILES string of the molecule is CCCCC/C=C/CC[C@H]1CC[C@H](CCC2CCC(C#N)CC2)CC1. The maximum Gasteiger partial charge on any atom is 0.0655 e. The van der Waals surface area contributed by atoms with Crippen molar-refractivity contribution in [2.24, 2.45) is 23.7 Å². The molecule has 0 radical (unpaired) electrons. The van der Waals surface area contributed by atoms with E-state index in [1.54, 1.807) is 0 Å². The van der Waals surface area contributed by atoms with Crippen molar-refractivity contribution in [2.75, 3.05) is 0 Å². The molecule has 0 spiro atoms. The predicted octanol–water partition coefficient (Wildman–Crippen LogP) is 7.82. The Hall–Kier alpha value is -0.770. The molecule has 25 heavy (non-hydrogen) atoms. The standard InChI is InChI=1S/C24H41N/c1-2-3-4-5-6-7-8-9-21-10-12-22(13-11-21)14-15-23-16-18-24(20-25)19-17-23/h6-7,21-24H,2-5,8-19H2,1H3/b7-6+/t21-,22-,23?,24?. The van der Waals surface area contributed by atoms with Crippen molar-refractivity contribution in [2.45, 2.75) is 110 Å². The first-order valence-electron chi connectivity index (χ1n) is 11.4. The van der Waals surface area contributed by atoms with E-state index >= 15 is 0 Å². The molecule has 0 saturated heterocycles. The van der Waals surface area contributed by atoms with E-state index in [0.717, 1.165) is 17.8 Å². The molecule has 0 heterocycles. The molecule has 0 bridgehead atoms. The summed E-state index contributed by atoms with van der Waals surface area (Å²) in [5.41, 5.74) is 0. The molecule has 0 aromatic heterocycles. The van der Waals surface area contributed by atoms with Crippen LogP contribution in [0, 0.1) is 35.0 Å². The molecule has 142 valence electrons. The second-order valence-corrected chi connectivity index (χ2v) is 8.86. The Labute approximate surface area is 157 Å². The van der Waals surface area contributed by atoms with E-state index in [-0.39, 0.29) is 0 Å². The average Bonchev–Trinajstić information content (AvgIpc) is 2.67. The van der Waals surface area contributed by atoms with Crippen LogP contribution in [-0.2, 0) is 0 Å². The Morgan fingerprint density at radius 2 is 1.24 bits per heavy atom. The summed E-state index contributed by atoms with van der Waals surface area (Å²) in [5.74, 6) is 3.31. The number of unbranched alkanes of at least 4 members (excludes halogenated alkanes) is 3. The van der Waals surface area contributed by atoms with Gasteiger partial charge in [0.1, 0.15) is 0 Å². The molecule has 0 aromatic carbocycles. The lowest BCUT2D eigenvalue weighted by Crippen LogP contribution is -2.17. The van der Waals surface area contributed by atoms with Crippen molar-refractivity contribution in [1.29, 1.82) is 5.26 Å². The summed E-state index contributed by atoms with van der Waals surface area (Å²) in [6.45, 7) is 2.28. The number of hydrogen-bond acceptors (Lipinski definition) is 1. The van der Waals surface area contributed by atoms with Crippen molar-refractivity contribution in [1.82, 2.24) is 0 Å². The van der Waals surface area contributed by atoms with E-state index in [9.17, 15) is 0 Å². The number of nitrogens with zero attached hydrogens (tertiary/aromatic N) is 1. The molecule has 1 heteroatoms. The maximum absolute atomic E-state index is 9.01. The zero-order chi connectivity index (χ0) is 17.7. The molecule has 0 unspecified atom stereocenters. The largest absolute Gasteiger partial charge is 0.198 e. The highest BCUT2D eigenvalue weighted by molar-refractivity contribution is 4.87. The lowest BCUT2D eigenvalue weighted by Gasteiger charge is -2.30. The topological polar surface area (TPSA) is 23.8 Å². The van der Waals surface area contributed by atoms with E-state index in [4.69, 9.17) is 5.26 Å². The number of hydrogen-bond donors (Lipinski definition) is 0. The first-order valence-corrected chi connectivity index (χ1v) is 11.4. The van der Waals surface area contributed by atoms with Crippen molar-refractivity contribution in [3.63, 3.8) is 0 Å². The van der Waals surface area contributed by atoms with E-state index < -0.39 is 0 Å². The minimum atomic E-state index is 0.368. The average molecular weight is 344 g/mol. The predicted molar refractivity (Wildman–Crippen MR) is 108 cm³/mol. The minimum Gasteiger partial charge on any atom is -0.198 e. The normalized spacial score (nSPS) is 30.4. The maximum atomic E-state index is 9.01. The summed E-state index contributed by atoms with van der Waals surface area (Å²) < 4.78 is 0. The molecule has 0 aliphatic heterocycles. The van der Waals surface area contributed by atoms with E-state index in [0.29, 0.717) is 5.92 Å². The van der Waals surface area contributed by atoms with Crippen molar-refractivity contribution in [3.05, 3.63) is 12.2 Å². The summed E-state index contributed by atoms with van der Waals surface area (Å²) in [6.07, 6.45) is 26.8. The van der Waals surface area contributed by atoms with Gasteiger partial charge in [0.25, 0.3) is 0 Å². The summed E-state index contributed by atoms with van der Waals surface area (Å²) in [5, 5.41) is 9.01. The molecule has 0 atom stereocenters. The lowest BCUT2D eigenvalue weighted by atomic mass is 9.75. The number of nitriles is 1. The molecular weight excluding hydrogens is 302 g/mol. The van der Waals surface area contributed by atoms with Crippen LogP contribution >= 0.6 is 0 Å². The van der Waals surface area contributed by atoms with Crippen LogP contribution in [0.5, 0.6) is 0 Å². The van der Waals surface area contributed by atoms with Gasteiger partial charge in [0.2, 0.25) is 0 Å². The number of rotatable bonds is 10. The van der Waals surface area contributed by atoms with Crippen molar-refractivity contribution in [3.8, 4) is 6.07 Å². The Morgan fingerprint density at radius 3 is 1.80 bits per heavy atom. The van der Waals surface area contributed by atoms with E-state index in [1.807, 2.05) is 0 Å². The third-order valence-electron chi connectivity index (χ3n) is 6.86. The van der Waals surface area contributed by atoms with Gasteiger partial charge in [-0.2, -0.15) is 5.26 Å². The highest BCUT2D eigenvalue weighted by Crippen LogP contribution is 2.37. The summed E-state index contributed by atoms with van der Waals surface area (Å²) in [6, 6.07) is 2.46. The fourth-order valence-electron chi connectivity index (χ4n) is 4.94. The van der Waals surface area contributed by atoms with Crippen LogP contribution in [0.2, 0.25) is 0 Å². The number of allylic oxidation sites excluding steroid dienone is 2. The highest BCUT2D eigenvalue weighted by Gasteiger charge is 2.24. The fourth-order valence-corrected chi connectivity index (χ4v) is 4.94. The Kier molecular flexibility index (Phi) is 10.3. The Morgan fingerprint density at radius 1 is 0.720 bits per heavy atom. The Balaban J connectivity index is 1.48. The van der Waals surface area contributed by atoms with Crippen molar-refractivity contribution >= 4 is 0 Å². The first kappa shape index (κ1) is 20.5. The summed E-state index contributed by atoms with van der Waals surface area (Å²) in [7, 11) is 0. The van der Waals surface area contributed by atoms with Gasteiger partial charge >= 0.3 is 0 Å². The smallest absolute Gasteiger partial charge is 0.0655 e. The third-order valence-corrected chi connectivity index (χ3v) is 6.86. The van der Waals surface area contributed by atoms with Crippen LogP contribution in [-0.4, -0.2) is 0 Å². The van der Waals surface area contributed by atoms with Crippen LogP contribution in [0.3, 0.4) is 0 Å². The molecule has 2 rings (SSSR count). The lowest BCUT2D eigenvalue weighted by molar-refractivity contribution is 0.223. The van der Waals surface area contributed by atoms with E-state index in [1.165, 1.54) is 103 Å². The van der Waals surface area contributed by atoms with Crippen LogP contribution in [0.4, 0.5) is 0 Å². The van der Waals surface area contributed by atoms with Gasteiger partial charge in [0.05, 0.1) is 6.07 Å². The Bertz CT molecular complexity index is 389. The van der Waals surface area contributed by atoms with Crippen LogP contribution in [0.1, 0.15) is 110 Å².